The van der Waals surface area contributed by atoms with Gasteiger partial charge in [-0.25, -0.2) is 4.98 Å². The minimum Gasteiger partial charge on any atom is -0.264 e. The van der Waals surface area contributed by atoms with E-state index >= 15 is 0 Å². The molecule has 3 rings (SSSR count). The van der Waals surface area contributed by atoms with E-state index in [1.165, 1.54) is 16.9 Å². The molecule has 104 valence electrons. The molecule has 0 atom stereocenters. The van der Waals surface area contributed by atoms with E-state index in [1.807, 2.05) is 17.5 Å². The SMILES string of the molecule is Cc1ccc(-c2csc(NN=Cc3cccnc3)n2)cc1. The highest BCUT2D eigenvalue weighted by Gasteiger charge is 2.03. The number of aryl methyl sites for hydroxylation is 1. The molecule has 4 nitrogen and oxygen atoms in total. The van der Waals surface area contributed by atoms with E-state index < -0.39 is 0 Å². The first-order valence-corrected chi connectivity index (χ1v) is 7.41. The molecule has 5 heteroatoms. The molecular weight excluding hydrogens is 280 g/mol. The summed E-state index contributed by atoms with van der Waals surface area (Å²) < 4.78 is 0. The molecule has 0 spiro atoms. The van der Waals surface area contributed by atoms with Gasteiger partial charge in [0.1, 0.15) is 0 Å². The standard InChI is InChI=1S/C16H14N4S/c1-12-4-6-14(7-5-12)15-11-21-16(19-15)20-18-10-13-3-2-8-17-9-13/h2-11H,1H3,(H,19,20). The molecule has 3 aromatic rings. The van der Waals surface area contributed by atoms with Gasteiger partial charge in [-0.05, 0) is 13.0 Å². The zero-order chi connectivity index (χ0) is 14.5. The number of anilines is 1. The molecule has 21 heavy (non-hydrogen) atoms. The quantitative estimate of drug-likeness (QED) is 0.585. The van der Waals surface area contributed by atoms with Crippen LogP contribution >= 0.6 is 11.3 Å². The van der Waals surface area contributed by atoms with Gasteiger partial charge in [0.25, 0.3) is 0 Å². The molecular formula is C16H14N4S. The first kappa shape index (κ1) is 13.5. The molecule has 0 aliphatic carbocycles. The monoisotopic (exact) mass is 294 g/mol. The van der Waals surface area contributed by atoms with Crippen LogP contribution in [0.3, 0.4) is 0 Å². The number of thiazole rings is 1. The van der Waals surface area contributed by atoms with Crippen LogP contribution < -0.4 is 5.43 Å². The van der Waals surface area contributed by atoms with Gasteiger partial charge >= 0.3 is 0 Å². The molecule has 0 aliphatic rings. The highest BCUT2D eigenvalue weighted by Crippen LogP contribution is 2.24. The van der Waals surface area contributed by atoms with Crippen LogP contribution in [-0.4, -0.2) is 16.2 Å². The van der Waals surface area contributed by atoms with Crippen LogP contribution in [0.1, 0.15) is 11.1 Å². The Labute approximate surface area is 127 Å². The Morgan fingerprint density at radius 2 is 2.05 bits per heavy atom. The summed E-state index contributed by atoms with van der Waals surface area (Å²) in [5.74, 6) is 0. The summed E-state index contributed by atoms with van der Waals surface area (Å²) in [4.78, 5) is 8.55. The summed E-state index contributed by atoms with van der Waals surface area (Å²) in [6.45, 7) is 2.07. The second kappa shape index (κ2) is 6.28. The summed E-state index contributed by atoms with van der Waals surface area (Å²) in [6, 6.07) is 12.1. The number of nitrogens with zero attached hydrogens (tertiary/aromatic N) is 3. The van der Waals surface area contributed by atoms with Crippen molar-refractivity contribution in [2.45, 2.75) is 6.92 Å². The van der Waals surface area contributed by atoms with Crippen LogP contribution in [0.15, 0.2) is 59.3 Å². The second-order valence-electron chi connectivity index (χ2n) is 4.56. The molecule has 1 N–H and O–H groups in total. The number of nitrogens with one attached hydrogen (secondary N) is 1. The van der Waals surface area contributed by atoms with Crippen molar-refractivity contribution in [2.75, 3.05) is 5.43 Å². The summed E-state index contributed by atoms with van der Waals surface area (Å²) >= 11 is 1.53. The highest BCUT2D eigenvalue weighted by molar-refractivity contribution is 7.14. The van der Waals surface area contributed by atoms with Crippen LogP contribution in [0.5, 0.6) is 0 Å². The lowest BCUT2D eigenvalue weighted by Gasteiger charge is -1.97. The number of rotatable bonds is 4. The highest BCUT2D eigenvalue weighted by atomic mass is 32.1. The van der Waals surface area contributed by atoms with Crippen molar-refractivity contribution in [1.82, 2.24) is 9.97 Å². The predicted molar refractivity (Wildman–Crippen MR) is 87.7 cm³/mol. The lowest BCUT2D eigenvalue weighted by Crippen LogP contribution is -1.90. The average Bonchev–Trinajstić information content (AvgIpc) is 2.98. The number of hydrogen-bond acceptors (Lipinski definition) is 5. The van der Waals surface area contributed by atoms with E-state index in [2.05, 4.69) is 51.7 Å². The Morgan fingerprint density at radius 1 is 1.19 bits per heavy atom. The van der Waals surface area contributed by atoms with Gasteiger partial charge in [-0.1, -0.05) is 35.9 Å². The maximum atomic E-state index is 4.52. The number of pyridine rings is 1. The summed E-state index contributed by atoms with van der Waals surface area (Å²) in [7, 11) is 0. The minimum absolute atomic E-state index is 0.769. The van der Waals surface area contributed by atoms with Crippen LogP contribution in [-0.2, 0) is 0 Å². The van der Waals surface area contributed by atoms with Crippen LogP contribution in [0.4, 0.5) is 5.13 Å². The van der Waals surface area contributed by atoms with E-state index in [4.69, 9.17) is 0 Å². The maximum Gasteiger partial charge on any atom is 0.203 e. The molecule has 0 saturated heterocycles. The average molecular weight is 294 g/mol. The van der Waals surface area contributed by atoms with Crippen LogP contribution in [0.2, 0.25) is 0 Å². The van der Waals surface area contributed by atoms with Gasteiger partial charge in [0, 0.05) is 28.9 Å². The lowest BCUT2D eigenvalue weighted by molar-refractivity contribution is 1.28. The van der Waals surface area contributed by atoms with Gasteiger partial charge < -0.3 is 0 Å². The van der Waals surface area contributed by atoms with Crippen molar-refractivity contribution in [3.63, 3.8) is 0 Å². The van der Waals surface area contributed by atoms with Crippen molar-refractivity contribution >= 4 is 22.7 Å². The first-order valence-electron chi connectivity index (χ1n) is 6.53. The Morgan fingerprint density at radius 3 is 2.81 bits per heavy atom. The molecule has 0 amide bonds. The molecule has 0 bridgehead atoms. The van der Waals surface area contributed by atoms with Crippen molar-refractivity contribution < 1.29 is 0 Å². The molecule has 2 heterocycles. The Hall–Kier alpha value is -2.53. The summed E-state index contributed by atoms with van der Waals surface area (Å²) in [5.41, 5.74) is 7.20. The minimum atomic E-state index is 0.769. The van der Waals surface area contributed by atoms with E-state index in [9.17, 15) is 0 Å². The number of aromatic nitrogens is 2. The Kier molecular flexibility index (Phi) is 4.02. The third-order valence-corrected chi connectivity index (χ3v) is 3.66. The zero-order valence-electron chi connectivity index (χ0n) is 11.5. The summed E-state index contributed by atoms with van der Waals surface area (Å²) in [6.07, 6.45) is 5.21. The first-order chi connectivity index (χ1) is 10.3. The van der Waals surface area contributed by atoms with Gasteiger partial charge in [0.2, 0.25) is 5.13 Å². The van der Waals surface area contributed by atoms with Crippen molar-refractivity contribution in [3.05, 3.63) is 65.3 Å². The van der Waals surface area contributed by atoms with E-state index in [0.29, 0.717) is 0 Å². The molecule has 0 aliphatic heterocycles. The molecule has 0 fully saturated rings. The normalized spacial score (nSPS) is 10.9. The van der Waals surface area contributed by atoms with E-state index in [-0.39, 0.29) is 0 Å². The van der Waals surface area contributed by atoms with Gasteiger partial charge in [0.05, 0.1) is 11.9 Å². The Bertz CT molecular complexity index is 732. The molecule has 0 saturated carbocycles. The molecule has 2 aromatic heterocycles. The second-order valence-corrected chi connectivity index (χ2v) is 5.42. The van der Waals surface area contributed by atoms with E-state index in [0.717, 1.165) is 22.0 Å². The maximum absolute atomic E-state index is 4.52. The predicted octanol–water partition coefficient (Wildman–Crippen LogP) is 3.96. The van der Waals surface area contributed by atoms with Crippen molar-refractivity contribution in [3.8, 4) is 11.3 Å². The fraction of sp³-hybridized carbons (Fsp3) is 0.0625. The lowest BCUT2D eigenvalue weighted by atomic mass is 10.1. The van der Waals surface area contributed by atoms with Gasteiger partial charge in [-0.2, -0.15) is 5.10 Å². The van der Waals surface area contributed by atoms with Gasteiger partial charge in [-0.3, -0.25) is 10.4 Å². The molecule has 0 unspecified atom stereocenters. The smallest absolute Gasteiger partial charge is 0.203 e. The Balaban J connectivity index is 1.68. The fourth-order valence-electron chi connectivity index (χ4n) is 1.80. The topological polar surface area (TPSA) is 50.2 Å². The van der Waals surface area contributed by atoms with Crippen molar-refractivity contribution in [1.29, 1.82) is 0 Å². The van der Waals surface area contributed by atoms with Crippen LogP contribution in [0, 0.1) is 6.92 Å². The third kappa shape index (κ3) is 3.52. The third-order valence-electron chi connectivity index (χ3n) is 2.91. The largest absolute Gasteiger partial charge is 0.264 e. The number of hydrogen-bond donors (Lipinski definition) is 1. The number of benzene rings is 1. The van der Waals surface area contributed by atoms with Crippen LogP contribution in [0.25, 0.3) is 11.3 Å². The van der Waals surface area contributed by atoms with Gasteiger partial charge in [-0.15, -0.1) is 11.3 Å². The fourth-order valence-corrected chi connectivity index (χ4v) is 2.46. The van der Waals surface area contributed by atoms with E-state index in [1.54, 1.807) is 18.6 Å². The molecule has 1 aromatic carbocycles. The number of hydrazone groups is 1. The zero-order valence-corrected chi connectivity index (χ0v) is 12.3. The summed E-state index contributed by atoms with van der Waals surface area (Å²) in [5, 5.41) is 6.96. The molecule has 0 radical (unpaired) electrons. The van der Waals surface area contributed by atoms with Crippen molar-refractivity contribution in [2.24, 2.45) is 5.10 Å². The van der Waals surface area contributed by atoms with Gasteiger partial charge in [0.15, 0.2) is 0 Å².